The molecule has 1 aromatic heterocycles. The Morgan fingerprint density at radius 3 is 2.06 bits per heavy atom. The number of fused-ring (bicyclic) bond motifs is 1. The minimum atomic E-state index is -3.25. The topological polar surface area (TPSA) is 58.4 Å². The molecule has 2 heterocycles. The van der Waals surface area contributed by atoms with E-state index in [1.54, 1.807) is 24.3 Å². The van der Waals surface area contributed by atoms with Crippen molar-refractivity contribution >= 4 is 38.2 Å². The Morgan fingerprint density at radius 2 is 1.47 bits per heavy atom. The second-order valence-electron chi connectivity index (χ2n) is 9.78. The summed E-state index contributed by atoms with van der Waals surface area (Å²) in [6, 6.07) is 20.1. The molecule has 188 valence electrons. The zero-order chi connectivity index (χ0) is 25.6. The lowest BCUT2D eigenvalue weighted by molar-refractivity contribution is 0.209. The summed E-state index contributed by atoms with van der Waals surface area (Å²) in [6.45, 7) is 8.77. The minimum absolute atomic E-state index is 0.288. The van der Waals surface area contributed by atoms with Crippen LogP contribution in [-0.4, -0.2) is 61.3 Å². The lowest BCUT2D eigenvalue weighted by Crippen LogP contribution is -2.48. The molecule has 1 aliphatic heterocycles. The molecule has 36 heavy (non-hydrogen) atoms. The number of rotatable bonds is 5. The Bertz CT molecular complexity index is 1500. The average Bonchev–Trinajstić information content (AvgIpc) is 3.20. The summed E-state index contributed by atoms with van der Waals surface area (Å²) >= 11 is 6.69. The van der Waals surface area contributed by atoms with Gasteiger partial charge in [-0.1, -0.05) is 23.7 Å². The number of aryl methyl sites for hydroxylation is 1. The van der Waals surface area contributed by atoms with E-state index in [0.717, 1.165) is 59.7 Å². The van der Waals surface area contributed by atoms with Crippen molar-refractivity contribution in [3.05, 3.63) is 65.7 Å². The Labute approximate surface area is 218 Å². The number of nitrogens with zero attached hydrogens (tertiary/aromatic N) is 4. The van der Waals surface area contributed by atoms with Crippen LogP contribution >= 0.6 is 11.6 Å². The molecule has 8 heteroatoms. The number of aromatic nitrogens is 2. The van der Waals surface area contributed by atoms with Crippen LogP contribution in [0.4, 0.5) is 5.69 Å². The molecule has 0 spiro atoms. The van der Waals surface area contributed by atoms with Gasteiger partial charge in [0.15, 0.2) is 9.84 Å². The van der Waals surface area contributed by atoms with E-state index in [-0.39, 0.29) is 4.90 Å². The molecule has 0 aliphatic carbocycles. The molecule has 0 bridgehead atoms. The number of hydrogen-bond donors (Lipinski definition) is 0. The van der Waals surface area contributed by atoms with Gasteiger partial charge in [-0.3, -0.25) is 4.90 Å². The number of benzene rings is 3. The van der Waals surface area contributed by atoms with Gasteiger partial charge in [0.1, 0.15) is 11.3 Å². The van der Waals surface area contributed by atoms with Crippen molar-refractivity contribution in [1.29, 1.82) is 0 Å². The van der Waals surface area contributed by atoms with Crippen molar-refractivity contribution in [2.45, 2.75) is 24.8 Å². The molecule has 4 aromatic rings. The molecular formula is C28H31ClN4O2S. The molecule has 0 N–H and O–H groups in total. The molecule has 1 aliphatic rings. The van der Waals surface area contributed by atoms with Gasteiger partial charge in [-0.05, 0) is 73.5 Å². The first-order valence-corrected chi connectivity index (χ1v) is 14.4. The van der Waals surface area contributed by atoms with Gasteiger partial charge in [-0.15, -0.1) is 0 Å². The van der Waals surface area contributed by atoms with Crippen molar-refractivity contribution in [3.63, 3.8) is 0 Å². The van der Waals surface area contributed by atoms with E-state index in [1.165, 1.54) is 11.9 Å². The van der Waals surface area contributed by atoms with Crippen LogP contribution in [0.5, 0.6) is 0 Å². The third-order valence-electron chi connectivity index (χ3n) is 7.09. The minimum Gasteiger partial charge on any atom is -0.369 e. The summed E-state index contributed by atoms with van der Waals surface area (Å²) in [7, 11) is -1.30. The summed E-state index contributed by atoms with van der Waals surface area (Å²) < 4.78 is 25.6. The highest BCUT2D eigenvalue weighted by Gasteiger charge is 2.19. The standard InChI is InChI=1S/C28H31ClN4O2S/c1-19(2)32-13-15-33(16-14-32)23-9-5-20(6-10-23)22-17-25(29)27-26(18-22)31(3)28(30-27)21-7-11-24(12-8-21)36(4,34)35/h5-12,17-19H,13-16H2,1-4H3. The summed E-state index contributed by atoms with van der Waals surface area (Å²) in [5, 5.41) is 0.589. The van der Waals surface area contributed by atoms with Crippen molar-refractivity contribution in [2.24, 2.45) is 7.05 Å². The molecule has 1 saturated heterocycles. The van der Waals surface area contributed by atoms with Gasteiger partial charge in [0, 0.05) is 56.8 Å². The average molecular weight is 523 g/mol. The van der Waals surface area contributed by atoms with Crippen LogP contribution in [0.2, 0.25) is 5.02 Å². The number of halogens is 1. The maximum Gasteiger partial charge on any atom is 0.175 e. The van der Waals surface area contributed by atoms with Crippen molar-refractivity contribution in [2.75, 3.05) is 37.3 Å². The predicted molar refractivity (Wildman–Crippen MR) is 149 cm³/mol. The van der Waals surface area contributed by atoms with E-state index in [4.69, 9.17) is 16.6 Å². The summed E-state index contributed by atoms with van der Waals surface area (Å²) in [4.78, 5) is 10.0. The number of imidazole rings is 1. The molecule has 1 fully saturated rings. The van der Waals surface area contributed by atoms with Crippen molar-refractivity contribution in [1.82, 2.24) is 14.5 Å². The normalized spacial score (nSPS) is 15.2. The quantitative estimate of drug-likeness (QED) is 0.346. The molecule has 6 nitrogen and oxygen atoms in total. The van der Waals surface area contributed by atoms with Crippen LogP contribution in [0.1, 0.15) is 13.8 Å². The lowest BCUT2D eigenvalue weighted by atomic mass is 10.0. The van der Waals surface area contributed by atoms with E-state index in [9.17, 15) is 8.42 Å². The number of hydrogen-bond acceptors (Lipinski definition) is 5. The molecule has 0 atom stereocenters. The van der Waals surface area contributed by atoms with Crippen LogP contribution < -0.4 is 4.90 Å². The van der Waals surface area contributed by atoms with E-state index in [0.29, 0.717) is 11.1 Å². The molecular weight excluding hydrogens is 492 g/mol. The Kier molecular flexibility index (Phi) is 6.57. The first-order chi connectivity index (χ1) is 17.1. The second kappa shape index (κ2) is 9.54. The third kappa shape index (κ3) is 4.75. The maximum absolute atomic E-state index is 11.8. The van der Waals surface area contributed by atoms with Gasteiger partial charge in [0.05, 0.1) is 15.4 Å². The SMILES string of the molecule is CC(C)N1CCN(c2ccc(-c3cc(Cl)c4nc(-c5ccc(S(C)(=O)=O)cc5)n(C)c4c3)cc2)CC1. The van der Waals surface area contributed by atoms with Crippen LogP contribution in [-0.2, 0) is 16.9 Å². The first-order valence-electron chi connectivity index (χ1n) is 12.2. The summed E-state index contributed by atoms with van der Waals surface area (Å²) in [6.07, 6.45) is 1.21. The summed E-state index contributed by atoms with van der Waals surface area (Å²) in [5.74, 6) is 0.736. The molecule has 0 radical (unpaired) electrons. The highest BCUT2D eigenvalue weighted by molar-refractivity contribution is 7.90. The van der Waals surface area contributed by atoms with Crippen LogP contribution in [0.3, 0.4) is 0 Å². The van der Waals surface area contributed by atoms with E-state index >= 15 is 0 Å². The molecule has 5 rings (SSSR count). The Balaban J connectivity index is 1.43. The van der Waals surface area contributed by atoms with Gasteiger partial charge < -0.3 is 9.47 Å². The number of anilines is 1. The van der Waals surface area contributed by atoms with Gasteiger partial charge in [-0.2, -0.15) is 0 Å². The smallest absolute Gasteiger partial charge is 0.175 e. The molecule has 0 unspecified atom stereocenters. The zero-order valence-electron chi connectivity index (χ0n) is 21.1. The van der Waals surface area contributed by atoms with Crippen molar-refractivity contribution in [3.8, 4) is 22.5 Å². The fraction of sp³-hybridized carbons (Fsp3) is 0.321. The van der Waals surface area contributed by atoms with E-state index in [1.807, 2.05) is 17.7 Å². The Hall–Kier alpha value is -2.87. The fourth-order valence-corrected chi connectivity index (χ4v) is 5.77. The monoisotopic (exact) mass is 522 g/mol. The molecule has 3 aromatic carbocycles. The maximum atomic E-state index is 11.8. The first kappa shape index (κ1) is 24.8. The summed E-state index contributed by atoms with van der Waals surface area (Å²) in [5.41, 5.74) is 5.86. The predicted octanol–water partition coefficient (Wildman–Crippen LogP) is 5.49. The largest absolute Gasteiger partial charge is 0.369 e. The van der Waals surface area contributed by atoms with E-state index in [2.05, 4.69) is 54.0 Å². The highest BCUT2D eigenvalue weighted by atomic mass is 35.5. The molecule has 0 saturated carbocycles. The zero-order valence-corrected chi connectivity index (χ0v) is 22.6. The van der Waals surface area contributed by atoms with Gasteiger partial charge in [-0.25, -0.2) is 13.4 Å². The van der Waals surface area contributed by atoms with Gasteiger partial charge >= 0.3 is 0 Å². The fourth-order valence-electron chi connectivity index (χ4n) is 4.88. The third-order valence-corrected chi connectivity index (χ3v) is 8.51. The van der Waals surface area contributed by atoms with Crippen LogP contribution in [0.25, 0.3) is 33.5 Å². The van der Waals surface area contributed by atoms with Crippen LogP contribution in [0, 0.1) is 0 Å². The number of piperazine rings is 1. The van der Waals surface area contributed by atoms with Crippen LogP contribution in [0.15, 0.2) is 65.6 Å². The van der Waals surface area contributed by atoms with E-state index < -0.39 is 9.84 Å². The van der Waals surface area contributed by atoms with Gasteiger partial charge in [0.2, 0.25) is 0 Å². The lowest BCUT2D eigenvalue weighted by Gasteiger charge is -2.38. The van der Waals surface area contributed by atoms with Crippen molar-refractivity contribution < 1.29 is 8.42 Å². The second-order valence-corrected chi connectivity index (χ2v) is 12.2. The highest BCUT2D eigenvalue weighted by Crippen LogP contribution is 2.34. The van der Waals surface area contributed by atoms with Gasteiger partial charge in [0.25, 0.3) is 0 Å². The Morgan fingerprint density at radius 1 is 0.861 bits per heavy atom. The number of sulfone groups is 1. The molecule has 0 amide bonds.